The van der Waals surface area contributed by atoms with Crippen LogP contribution in [0.1, 0.15) is 22.4 Å². The number of fused-ring (bicyclic) bond motifs is 1. The normalized spacial score (nSPS) is 17.5. The molecule has 0 atom stereocenters. The number of hydrogen-bond donors (Lipinski definition) is 1. The van der Waals surface area contributed by atoms with Gasteiger partial charge in [0.2, 0.25) is 15.9 Å². The lowest BCUT2D eigenvalue weighted by molar-refractivity contribution is -0.117. The lowest BCUT2D eigenvalue weighted by Gasteiger charge is -2.33. The van der Waals surface area contributed by atoms with Gasteiger partial charge >= 0.3 is 0 Å². The number of halogens is 1. The van der Waals surface area contributed by atoms with Crippen LogP contribution in [0.25, 0.3) is 0 Å². The van der Waals surface area contributed by atoms with Crippen LogP contribution in [0.3, 0.4) is 0 Å². The molecule has 0 saturated carbocycles. The summed E-state index contributed by atoms with van der Waals surface area (Å²) in [6, 6.07) is 7.54. The average Bonchev–Trinajstić information content (AvgIpc) is 3.29. The number of anilines is 1. The summed E-state index contributed by atoms with van der Waals surface area (Å²) < 4.78 is 40.5. The first-order chi connectivity index (χ1) is 14.4. The molecular weight excluding hydrogens is 427 g/mol. The lowest BCUT2D eigenvalue weighted by atomic mass is 10.1. The van der Waals surface area contributed by atoms with Gasteiger partial charge in [-0.1, -0.05) is 12.1 Å². The fourth-order valence-corrected chi connectivity index (χ4v) is 6.64. The van der Waals surface area contributed by atoms with Gasteiger partial charge in [-0.3, -0.25) is 9.69 Å². The molecule has 1 aromatic heterocycles. The molecule has 1 aliphatic heterocycles. The van der Waals surface area contributed by atoms with Crippen LogP contribution in [0.15, 0.2) is 29.2 Å². The highest BCUT2D eigenvalue weighted by Crippen LogP contribution is 2.38. The number of piperazine rings is 1. The average molecular weight is 449 g/mol. The second kappa shape index (κ2) is 8.43. The molecule has 1 fully saturated rings. The molecule has 0 bridgehead atoms. The van der Waals surface area contributed by atoms with E-state index in [4.69, 9.17) is 0 Å². The Morgan fingerprint density at radius 3 is 2.63 bits per heavy atom. The zero-order chi connectivity index (χ0) is 21.3. The number of nitrogens with zero attached hydrogens (tertiary/aromatic N) is 3. The standard InChI is InChI=1S/C20H21FN4O3S2/c21-16-5-1-2-7-18(16)30(27,28)25-10-8-24(9-11-25)13-19(26)23-20-15(12-22)14-4-3-6-17(14)29-20/h1-2,5,7H,3-4,6,8-11,13H2,(H,23,26). The van der Waals surface area contributed by atoms with Crippen molar-refractivity contribution < 1.29 is 17.6 Å². The molecule has 2 aliphatic rings. The number of hydrogen-bond acceptors (Lipinski definition) is 6. The highest BCUT2D eigenvalue weighted by atomic mass is 32.2. The van der Waals surface area contributed by atoms with E-state index in [0.717, 1.165) is 30.9 Å². The van der Waals surface area contributed by atoms with E-state index < -0.39 is 15.8 Å². The summed E-state index contributed by atoms with van der Waals surface area (Å²) in [6.45, 7) is 1.21. The van der Waals surface area contributed by atoms with Crippen molar-refractivity contribution in [3.63, 3.8) is 0 Å². The number of nitrogens with one attached hydrogen (secondary N) is 1. The van der Waals surface area contributed by atoms with Crippen LogP contribution < -0.4 is 5.32 Å². The molecule has 7 nitrogen and oxygen atoms in total. The largest absolute Gasteiger partial charge is 0.315 e. The topological polar surface area (TPSA) is 93.5 Å². The number of carbonyl (C=O) groups is 1. The molecule has 10 heteroatoms. The summed E-state index contributed by atoms with van der Waals surface area (Å²) in [5.41, 5.74) is 1.63. The molecule has 4 rings (SSSR count). The van der Waals surface area contributed by atoms with Gasteiger partial charge in [0, 0.05) is 31.1 Å². The Kier molecular flexibility index (Phi) is 5.88. The molecule has 0 unspecified atom stereocenters. The Hall–Kier alpha value is -2.32. The van der Waals surface area contributed by atoms with E-state index >= 15 is 0 Å². The number of thiophene rings is 1. The van der Waals surface area contributed by atoms with Gasteiger partial charge in [-0.2, -0.15) is 9.57 Å². The summed E-state index contributed by atoms with van der Waals surface area (Å²) in [6.07, 6.45) is 2.87. The van der Waals surface area contributed by atoms with Crippen molar-refractivity contribution in [3.8, 4) is 6.07 Å². The van der Waals surface area contributed by atoms with E-state index in [1.54, 1.807) is 0 Å². The molecule has 1 amide bonds. The molecule has 2 heterocycles. The maximum atomic E-state index is 13.9. The van der Waals surface area contributed by atoms with E-state index in [-0.39, 0.29) is 30.4 Å². The van der Waals surface area contributed by atoms with Crippen LogP contribution in [-0.4, -0.2) is 56.3 Å². The molecular formula is C20H21FN4O3S2. The summed E-state index contributed by atoms with van der Waals surface area (Å²) in [5, 5.41) is 12.9. The smallest absolute Gasteiger partial charge is 0.246 e. The third-order valence-electron chi connectivity index (χ3n) is 5.44. The van der Waals surface area contributed by atoms with Gasteiger partial charge in [-0.25, -0.2) is 12.8 Å². The molecule has 158 valence electrons. The number of carbonyl (C=O) groups excluding carboxylic acids is 1. The highest BCUT2D eigenvalue weighted by molar-refractivity contribution is 7.89. The third-order valence-corrected chi connectivity index (χ3v) is 8.58. The zero-order valence-corrected chi connectivity index (χ0v) is 17.9. The number of sulfonamides is 1. The van der Waals surface area contributed by atoms with Gasteiger partial charge in [0.05, 0.1) is 12.1 Å². The summed E-state index contributed by atoms with van der Waals surface area (Å²) >= 11 is 1.47. The number of benzene rings is 1. The quantitative estimate of drug-likeness (QED) is 0.757. The van der Waals surface area contributed by atoms with Gasteiger partial charge in [-0.05, 0) is 37.0 Å². The van der Waals surface area contributed by atoms with Crippen molar-refractivity contribution in [2.24, 2.45) is 0 Å². The molecule has 1 aromatic carbocycles. The molecule has 0 spiro atoms. The number of aryl methyl sites for hydroxylation is 1. The van der Waals surface area contributed by atoms with Crippen LogP contribution in [-0.2, 0) is 27.7 Å². The zero-order valence-electron chi connectivity index (χ0n) is 16.2. The van der Waals surface area contributed by atoms with E-state index in [1.807, 2.05) is 4.90 Å². The van der Waals surface area contributed by atoms with Crippen molar-refractivity contribution in [3.05, 3.63) is 46.1 Å². The molecule has 1 N–H and O–H groups in total. The second-order valence-corrected chi connectivity index (χ2v) is 10.3. The molecule has 1 saturated heterocycles. The van der Waals surface area contributed by atoms with Gasteiger partial charge in [-0.15, -0.1) is 11.3 Å². The van der Waals surface area contributed by atoms with Crippen LogP contribution in [0.4, 0.5) is 9.39 Å². The van der Waals surface area contributed by atoms with Crippen molar-refractivity contribution in [1.29, 1.82) is 5.26 Å². The van der Waals surface area contributed by atoms with E-state index in [2.05, 4.69) is 11.4 Å². The Morgan fingerprint density at radius 2 is 1.93 bits per heavy atom. The van der Waals surface area contributed by atoms with E-state index in [0.29, 0.717) is 23.7 Å². The van der Waals surface area contributed by atoms with Crippen LogP contribution in [0.5, 0.6) is 0 Å². The van der Waals surface area contributed by atoms with Gasteiger partial charge in [0.15, 0.2) is 0 Å². The van der Waals surface area contributed by atoms with Gasteiger partial charge < -0.3 is 5.32 Å². The minimum Gasteiger partial charge on any atom is -0.315 e. The van der Waals surface area contributed by atoms with Crippen molar-refractivity contribution in [2.45, 2.75) is 24.2 Å². The van der Waals surface area contributed by atoms with E-state index in [1.165, 1.54) is 38.7 Å². The predicted molar refractivity (Wildman–Crippen MR) is 111 cm³/mol. The molecule has 2 aromatic rings. The van der Waals surface area contributed by atoms with Crippen LogP contribution in [0.2, 0.25) is 0 Å². The summed E-state index contributed by atoms with van der Waals surface area (Å²) in [7, 11) is -3.90. The van der Waals surface area contributed by atoms with Crippen molar-refractivity contribution in [2.75, 3.05) is 38.0 Å². The molecule has 1 aliphatic carbocycles. The van der Waals surface area contributed by atoms with Crippen LogP contribution in [0, 0.1) is 17.1 Å². The first-order valence-electron chi connectivity index (χ1n) is 9.71. The van der Waals surface area contributed by atoms with Gasteiger partial charge in [0.25, 0.3) is 0 Å². The maximum absolute atomic E-state index is 13.9. The summed E-state index contributed by atoms with van der Waals surface area (Å²) in [4.78, 5) is 15.2. The summed E-state index contributed by atoms with van der Waals surface area (Å²) in [5.74, 6) is -0.993. The Morgan fingerprint density at radius 1 is 1.20 bits per heavy atom. The monoisotopic (exact) mass is 448 g/mol. The first kappa shape index (κ1) is 20.9. The second-order valence-electron chi connectivity index (χ2n) is 7.33. The Balaban J connectivity index is 1.35. The van der Waals surface area contributed by atoms with Crippen molar-refractivity contribution in [1.82, 2.24) is 9.21 Å². The highest BCUT2D eigenvalue weighted by Gasteiger charge is 2.31. The fraction of sp³-hybridized carbons (Fsp3) is 0.400. The number of nitriles is 1. The number of rotatable bonds is 5. The Labute approximate surface area is 178 Å². The molecule has 0 radical (unpaired) electrons. The number of amides is 1. The van der Waals surface area contributed by atoms with Crippen molar-refractivity contribution >= 4 is 32.3 Å². The van der Waals surface area contributed by atoms with Gasteiger partial charge in [0.1, 0.15) is 21.8 Å². The SMILES string of the molecule is N#Cc1c(NC(=O)CN2CCN(S(=O)(=O)c3ccccc3F)CC2)sc2c1CCC2. The van der Waals surface area contributed by atoms with Crippen LogP contribution >= 0.6 is 11.3 Å². The fourth-order valence-electron chi connectivity index (χ4n) is 3.90. The Bertz CT molecular complexity index is 1120. The maximum Gasteiger partial charge on any atom is 0.246 e. The lowest BCUT2D eigenvalue weighted by Crippen LogP contribution is -2.50. The minimum atomic E-state index is -3.90. The minimum absolute atomic E-state index is 0.112. The predicted octanol–water partition coefficient (Wildman–Crippen LogP) is 2.19. The third kappa shape index (κ3) is 3.98. The first-order valence-corrected chi connectivity index (χ1v) is 12.0. The van der Waals surface area contributed by atoms with E-state index in [9.17, 15) is 22.9 Å². The molecule has 30 heavy (non-hydrogen) atoms.